The minimum Gasteiger partial charge on any atom is -0.383 e. The van der Waals surface area contributed by atoms with Crippen LogP contribution in [-0.2, 0) is 12.8 Å². The molecule has 110 valence electrons. The van der Waals surface area contributed by atoms with Crippen molar-refractivity contribution in [1.29, 1.82) is 0 Å². The second-order valence-corrected chi connectivity index (χ2v) is 5.76. The number of aromatic nitrogens is 1. The van der Waals surface area contributed by atoms with E-state index >= 15 is 0 Å². The lowest BCUT2D eigenvalue weighted by Crippen LogP contribution is -2.36. The molecule has 0 aliphatic heterocycles. The third-order valence-corrected chi connectivity index (χ3v) is 4.50. The Hall–Kier alpha value is -1.87. The molecular weight excluding hydrogens is 258 g/mol. The number of aryl methyl sites for hydroxylation is 1. The van der Waals surface area contributed by atoms with E-state index in [4.69, 9.17) is 5.73 Å². The molecule has 0 spiro atoms. The molecule has 0 saturated heterocycles. The summed E-state index contributed by atoms with van der Waals surface area (Å²) in [7, 11) is 0. The zero-order chi connectivity index (χ0) is 14.7. The number of nitrogen functional groups attached to an aromatic ring is 1. The molecule has 3 heteroatoms. The zero-order valence-electron chi connectivity index (χ0n) is 12.5. The molecule has 21 heavy (non-hydrogen) atoms. The summed E-state index contributed by atoms with van der Waals surface area (Å²) >= 11 is 0. The molecule has 3 rings (SSSR count). The first kappa shape index (κ1) is 14.1. The van der Waals surface area contributed by atoms with Crippen LogP contribution in [0.1, 0.15) is 36.0 Å². The summed E-state index contributed by atoms with van der Waals surface area (Å²) in [5.74, 6) is 1.23. The molecular formula is C18H23N3. The maximum absolute atomic E-state index is 6.02. The Labute approximate surface area is 126 Å². The highest BCUT2D eigenvalue weighted by atomic mass is 14.9. The Morgan fingerprint density at radius 1 is 1.29 bits per heavy atom. The minimum atomic E-state index is 0.421. The minimum absolute atomic E-state index is 0.421. The molecule has 1 heterocycles. The molecule has 0 radical (unpaired) electrons. The van der Waals surface area contributed by atoms with Crippen LogP contribution < -0.4 is 11.1 Å². The predicted octanol–water partition coefficient (Wildman–Crippen LogP) is 2.91. The van der Waals surface area contributed by atoms with Crippen LogP contribution in [0.2, 0.25) is 0 Å². The number of nitrogens with zero attached hydrogens (tertiary/aromatic N) is 1. The molecule has 3 N–H and O–H groups in total. The smallest absolute Gasteiger partial charge is 0.126 e. The van der Waals surface area contributed by atoms with Crippen molar-refractivity contribution in [3.8, 4) is 0 Å². The number of hydrogen-bond acceptors (Lipinski definition) is 3. The van der Waals surface area contributed by atoms with Gasteiger partial charge in [0.25, 0.3) is 0 Å². The molecule has 0 bridgehead atoms. The van der Waals surface area contributed by atoms with Crippen molar-refractivity contribution in [3.63, 3.8) is 0 Å². The maximum Gasteiger partial charge on any atom is 0.126 e. The first-order chi connectivity index (χ1) is 10.3. The van der Waals surface area contributed by atoms with Gasteiger partial charge < -0.3 is 11.1 Å². The summed E-state index contributed by atoms with van der Waals surface area (Å²) in [6.07, 6.45) is 5.10. The number of benzene rings is 1. The Morgan fingerprint density at radius 2 is 2.14 bits per heavy atom. The Morgan fingerprint density at radius 3 is 2.95 bits per heavy atom. The van der Waals surface area contributed by atoms with E-state index in [0.717, 1.165) is 18.5 Å². The van der Waals surface area contributed by atoms with E-state index in [2.05, 4.69) is 47.6 Å². The van der Waals surface area contributed by atoms with Gasteiger partial charge in [0.1, 0.15) is 5.82 Å². The van der Waals surface area contributed by atoms with Crippen LogP contribution in [0.25, 0.3) is 0 Å². The van der Waals surface area contributed by atoms with E-state index in [1.54, 1.807) is 6.20 Å². The molecule has 2 aromatic rings. The van der Waals surface area contributed by atoms with E-state index in [0.29, 0.717) is 17.8 Å². The lowest BCUT2D eigenvalue weighted by atomic mass is 9.89. The van der Waals surface area contributed by atoms with Gasteiger partial charge in [0.15, 0.2) is 0 Å². The number of nitrogens with two attached hydrogens (primary N) is 1. The van der Waals surface area contributed by atoms with E-state index in [-0.39, 0.29) is 0 Å². The molecule has 1 aliphatic rings. The fourth-order valence-electron chi connectivity index (χ4n) is 3.49. The highest BCUT2D eigenvalue weighted by Gasteiger charge is 2.29. The quantitative estimate of drug-likeness (QED) is 0.886. The number of nitrogens with one attached hydrogen (secondary N) is 1. The van der Waals surface area contributed by atoms with E-state index < -0.39 is 0 Å². The monoisotopic (exact) mass is 281 g/mol. The van der Waals surface area contributed by atoms with E-state index in [1.807, 2.05) is 6.07 Å². The molecule has 1 aromatic carbocycles. The number of rotatable bonds is 5. The van der Waals surface area contributed by atoms with Crippen molar-refractivity contribution in [1.82, 2.24) is 10.3 Å². The highest BCUT2D eigenvalue weighted by Crippen LogP contribution is 2.36. The average molecular weight is 281 g/mol. The van der Waals surface area contributed by atoms with Crippen LogP contribution in [0.4, 0.5) is 5.82 Å². The van der Waals surface area contributed by atoms with Gasteiger partial charge in [-0.25, -0.2) is 4.98 Å². The fraction of sp³-hybridized carbons (Fsp3) is 0.389. The van der Waals surface area contributed by atoms with Crippen LogP contribution in [0, 0.1) is 0 Å². The van der Waals surface area contributed by atoms with Gasteiger partial charge in [-0.2, -0.15) is 0 Å². The van der Waals surface area contributed by atoms with Gasteiger partial charge in [0, 0.05) is 18.2 Å². The van der Waals surface area contributed by atoms with Crippen molar-refractivity contribution >= 4 is 5.82 Å². The van der Waals surface area contributed by atoms with Crippen LogP contribution in [0.5, 0.6) is 0 Å². The van der Waals surface area contributed by atoms with Crippen LogP contribution >= 0.6 is 0 Å². The van der Waals surface area contributed by atoms with Crippen LogP contribution in [0.15, 0.2) is 42.6 Å². The lowest BCUT2D eigenvalue weighted by molar-refractivity contribution is 0.435. The maximum atomic E-state index is 6.02. The molecule has 0 saturated carbocycles. The van der Waals surface area contributed by atoms with Gasteiger partial charge in [0.2, 0.25) is 0 Å². The number of fused-ring (bicyclic) bond motifs is 1. The van der Waals surface area contributed by atoms with Crippen LogP contribution in [0.3, 0.4) is 0 Å². The van der Waals surface area contributed by atoms with Gasteiger partial charge in [-0.3, -0.25) is 0 Å². The summed E-state index contributed by atoms with van der Waals surface area (Å²) in [4.78, 5) is 4.21. The zero-order valence-corrected chi connectivity index (χ0v) is 12.5. The third kappa shape index (κ3) is 2.93. The predicted molar refractivity (Wildman–Crippen MR) is 87.3 cm³/mol. The van der Waals surface area contributed by atoms with Crippen molar-refractivity contribution in [2.24, 2.45) is 0 Å². The second-order valence-electron chi connectivity index (χ2n) is 5.76. The standard InChI is InChI=1S/C18H23N3/c1-2-20-17(12-14-7-5-11-21-18(14)19)16-10-9-13-6-3-4-8-15(13)16/h3-8,11,16-17,20H,2,9-10,12H2,1H3,(H2,19,21). The highest BCUT2D eigenvalue weighted by molar-refractivity contribution is 5.41. The molecule has 2 unspecified atom stereocenters. The summed E-state index contributed by atoms with van der Waals surface area (Å²) in [5.41, 5.74) is 10.2. The Kier molecular flexibility index (Phi) is 4.20. The lowest BCUT2D eigenvalue weighted by Gasteiger charge is -2.26. The molecule has 1 aromatic heterocycles. The van der Waals surface area contributed by atoms with Crippen LogP contribution in [-0.4, -0.2) is 17.6 Å². The number of pyridine rings is 1. The fourth-order valence-corrected chi connectivity index (χ4v) is 3.49. The average Bonchev–Trinajstić information content (AvgIpc) is 2.93. The van der Waals surface area contributed by atoms with Crippen molar-refractivity contribution in [2.75, 3.05) is 12.3 Å². The van der Waals surface area contributed by atoms with E-state index in [1.165, 1.54) is 24.0 Å². The summed E-state index contributed by atoms with van der Waals surface area (Å²) in [6, 6.07) is 13.3. The van der Waals surface area contributed by atoms with E-state index in [9.17, 15) is 0 Å². The number of likely N-dealkylation sites (N-methyl/N-ethyl adjacent to an activating group) is 1. The molecule has 1 aliphatic carbocycles. The molecule has 0 fully saturated rings. The van der Waals surface area contributed by atoms with Gasteiger partial charge >= 0.3 is 0 Å². The Balaban J connectivity index is 1.84. The first-order valence-corrected chi connectivity index (χ1v) is 7.80. The number of hydrogen-bond donors (Lipinski definition) is 2. The first-order valence-electron chi connectivity index (χ1n) is 7.80. The largest absolute Gasteiger partial charge is 0.383 e. The van der Waals surface area contributed by atoms with Gasteiger partial charge in [-0.15, -0.1) is 0 Å². The topological polar surface area (TPSA) is 50.9 Å². The molecule has 3 nitrogen and oxygen atoms in total. The van der Waals surface area contributed by atoms with Gasteiger partial charge in [0.05, 0.1) is 0 Å². The molecule has 2 atom stereocenters. The summed E-state index contributed by atoms with van der Waals surface area (Å²) in [6.45, 7) is 3.14. The van der Waals surface area contributed by atoms with Crippen molar-refractivity contribution in [3.05, 3.63) is 59.3 Å². The summed E-state index contributed by atoms with van der Waals surface area (Å²) < 4.78 is 0. The van der Waals surface area contributed by atoms with Gasteiger partial charge in [-0.05, 0) is 48.6 Å². The molecule has 0 amide bonds. The number of anilines is 1. The van der Waals surface area contributed by atoms with Crippen molar-refractivity contribution < 1.29 is 0 Å². The Bertz CT molecular complexity index is 609. The third-order valence-electron chi connectivity index (χ3n) is 4.50. The normalized spacial score (nSPS) is 18.4. The SMILES string of the molecule is CCNC(Cc1cccnc1N)C1CCc2ccccc21. The van der Waals surface area contributed by atoms with Gasteiger partial charge in [-0.1, -0.05) is 37.3 Å². The summed E-state index contributed by atoms with van der Waals surface area (Å²) in [5, 5.41) is 3.66. The van der Waals surface area contributed by atoms with Crippen molar-refractivity contribution in [2.45, 2.75) is 38.1 Å². The second kappa shape index (κ2) is 6.27.